The van der Waals surface area contributed by atoms with Crippen LogP contribution in [0.15, 0.2) is 16.8 Å². The number of hydrogen-bond acceptors (Lipinski definition) is 2. The van der Waals surface area contributed by atoms with Gasteiger partial charge in [0.05, 0.1) is 0 Å². The fourth-order valence-electron chi connectivity index (χ4n) is 1.53. The Labute approximate surface area is 83.8 Å². The van der Waals surface area contributed by atoms with E-state index in [1.807, 2.05) is 0 Å². The highest BCUT2D eigenvalue weighted by Crippen LogP contribution is 2.29. The van der Waals surface area contributed by atoms with Gasteiger partial charge in [-0.25, -0.2) is 0 Å². The molecule has 0 bridgehead atoms. The molecule has 13 heavy (non-hydrogen) atoms. The van der Waals surface area contributed by atoms with Crippen molar-refractivity contribution >= 4 is 17.1 Å². The van der Waals surface area contributed by atoms with Crippen LogP contribution in [0.25, 0.3) is 0 Å². The molecule has 0 aliphatic carbocycles. The molecule has 0 N–H and O–H groups in total. The smallest absolute Gasteiger partial charge is 0.130 e. The third-order valence-electron chi connectivity index (χ3n) is 2.28. The van der Waals surface area contributed by atoms with E-state index in [1.165, 1.54) is 5.56 Å². The molecule has 1 atom stereocenters. The summed E-state index contributed by atoms with van der Waals surface area (Å²) in [6.07, 6.45) is 0.675. The molecule has 1 aromatic heterocycles. The molecule has 0 fully saturated rings. The topological polar surface area (TPSA) is 17.1 Å². The minimum atomic E-state index is 0.282. The summed E-state index contributed by atoms with van der Waals surface area (Å²) in [7, 11) is 0. The Bertz CT molecular complexity index is 262. The zero-order valence-electron chi connectivity index (χ0n) is 8.41. The highest BCUT2D eigenvalue weighted by Gasteiger charge is 2.17. The van der Waals surface area contributed by atoms with Gasteiger partial charge < -0.3 is 4.79 Å². The lowest BCUT2D eigenvalue weighted by Crippen LogP contribution is -2.09. The average molecular weight is 196 g/mol. The second-order valence-corrected chi connectivity index (χ2v) is 4.59. The van der Waals surface area contributed by atoms with Gasteiger partial charge in [0.15, 0.2) is 0 Å². The van der Waals surface area contributed by atoms with Gasteiger partial charge in [0.2, 0.25) is 0 Å². The van der Waals surface area contributed by atoms with Crippen molar-refractivity contribution in [1.82, 2.24) is 0 Å². The molecular formula is C11H16OS. The van der Waals surface area contributed by atoms with Crippen molar-refractivity contribution in [2.45, 2.75) is 33.1 Å². The van der Waals surface area contributed by atoms with Crippen molar-refractivity contribution < 1.29 is 4.79 Å². The van der Waals surface area contributed by atoms with Crippen LogP contribution in [-0.2, 0) is 4.79 Å². The van der Waals surface area contributed by atoms with Gasteiger partial charge in [-0.15, -0.1) is 0 Å². The van der Waals surface area contributed by atoms with Crippen LogP contribution in [0.4, 0.5) is 0 Å². The van der Waals surface area contributed by atoms with Crippen LogP contribution in [0, 0.1) is 5.92 Å². The van der Waals surface area contributed by atoms with Gasteiger partial charge in [0.1, 0.15) is 5.78 Å². The first-order chi connectivity index (χ1) is 6.11. The van der Waals surface area contributed by atoms with E-state index in [1.54, 1.807) is 18.3 Å². The van der Waals surface area contributed by atoms with Crippen molar-refractivity contribution in [3.05, 3.63) is 22.4 Å². The highest BCUT2D eigenvalue weighted by atomic mass is 32.1. The summed E-state index contributed by atoms with van der Waals surface area (Å²) in [5.74, 6) is 1.23. The molecule has 0 unspecified atom stereocenters. The van der Waals surface area contributed by atoms with Crippen LogP contribution in [0.3, 0.4) is 0 Å². The van der Waals surface area contributed by atoms with E-state index in [-0.39, 0.29) is 5.78 Å². The Kier molecular flexibility index (Phi) is 3.67. The van der Waals surface area contributed by atoms with Crippen LogP contribution in [0.1, 0.15) is 38.7 Å². The van der Waals surface area contributed by atoms with E-state index < -0.39 is 0 Å². The van der Waals surface area contributed by atoms with E-state index in [4.69, 9.17) is 0 Å². The second kappa shape index (κ2) is 4.56. The molecular weight excluding hydrogens is 180 g/mol. The van der Waals surface area contributed by atoms with Crippen molar-refractivity contribution in [2.75, 3.05) is 0 Å². The molecule has 1 rings (SSSR count). The summed E-state index contributed by atoms with van der Waals surface area (Å²) < 4.78 is 0. The first-order valence-corrected chi connectivity index (χ1v) is 5.57. The maximum absolute atomic E-state index is 11.1. The summed E-state index contributed by atoms with van der Waals surface area (Å²) in [4.78, 5) is 11.1. The lowest BCUT2D eigenvalue weighted by molar-refractivity contribution is -0.117. The monoisotopic (exact) mass is 196 g/mol. The number of ketones is 1. The van der Waals surface area contributed by atoms with E-state index in [0.29, 0.717) is 18.3 Å². The van der Waals surface area contributed by atoms with Crippen molar-refractivity contribution in [3.8, 4) is 0 Å². The molecule has 0 aliphatic rings. The molecule has 1 heterocycles. The summed E-state index contributed by atoms with van der Waals surface area (Å²) >= 11 is 1.70. The van der Waals surface area contributed by atoms with Gasteiger partial charge in [0, 0.05) is 6.42 Å². The quantitative estimate of drug-likeness (QED) is 0.720. The van der Waals surface area contributed by atoms with Crippen LogP contribution in [0.5, 0.6) is 0 Å². The van der Waals surface area contributed by atoms with Crippen LogP contribution < -0.4 is 0 Å². The predicted octanol–water partition coefficient (Wildman–Crippen LogP) is 3.47. The Morgan fingerprint density at radius 3 is 2.62 bits per heavy atom. The second-order valence-electron chi connectivity index (χ2n) is 3.81. The maximum Gasteiger partial charge on any atom is 0.130 e. The van der Waals surface area contributed by atoms with Gasteiger partial charge in [-0.05, 0) is 41.1 Å². The molecule has 1 aromatic rings. The molecule has 2 heteroatoms. The summed E-state index contributed by atoms with van der Waals surface area (Å²) in [6, 6.07) is 2.12. The lowest BCUT2D eigenvalue weighted by Gasteiger charge is -2.18. The van der Waals surface area contributed by atoms with E-state index in [9.17, 15) is 4.79 Å². The Balaban J connectivity index is 2.74. The molecule has 0 saturated carbocycles. The van der Waals surface area contributed by atoms with Crippen LogP contribution >= 0.6 is 11.3 Å². The van der Waals surface area contributed by atoms with Gasteiger partial charge >= 0.3 is 0 Å². The lowest BCUT2D eigenvalue weighted by atomic mass is 9.86. The number of hydrogen-bond donors (Lipinski definition) is 0. The summed E-state index contributed by atoms with van der Waals surface area (Å²) in [5, 5.41) is 4.22. The standard InChI is InChI=1S/C11H16OS/c1-8(2)11(6-9(3)12)10-4-5-13-7-10/h4-5,7-8,11H,6H2,1-3H3/t11-/m0/s1. The van der Waals surface area contributed by atoms with Crippen molar-refractivity contribution in [2.24, 2.45) is 5.92 Å². The minimum absolute atomic E-state index is 0.282. The summed E-state index contributed by atoms with van der Waals surface area (Å²) in [6.45, 7) is 6.01. The molecule has 1 nitrogen and oxygen atoms in total. The molecule has 0 saturated heterocycles. The minimum Gasteiger partial charge on any atom is -0.300 e. The van der Waals surface area contributed by atoms with E-state index in [2.05, 4.69) is 30.7 Å². The largest absolute Gasteiger partial charge is 0.300 e. The van der Waals surface area contributed by atoms with E-state index >= 15 is 0 Å². The van der Waals surface area contributed by atoms with Crippen LogP contribution in [0.2, 0.25) is 0 Å². The predicted molar refractivity (Wildman–Crippen MR) is 57.2 cm³/mol. The Hall–Kier alpha value is -0.630. The molecule has 72 valence electrons. The molecule has 0 spiro atoms. The van der Waals surface area contributed by atoms with Gasteiger partial charge in [-0.3, -0.25) is 0 Å². The number of carbonyl (C=O) groups excluding carboxylic acids is 1. The normalized spacial score (nSPS) is 13.2. The molecule has 0 aromatic carbocycles. The first kappa shape index (κ1) is 10.5. The van der Waals surface area contributed by atoms with Crippen molar-refractivity contribution in [1.29, 1.82) is 0 Å². The summed E-state index contributed by atoms with van der Waals surface area (Å²) in [5.41, 5.74) is 1.32. The fraction of sp³-hybridized carbons (Fsp3) is 0.545. The Morgan fingerprint density at radius 1 is 1.54 bits per heavy atom. The number of carbonyl (C=O) groups is 1. The zero-order chi connectivity index (χ0) is 9.84. The SMILES string of the molecule is CC(=O)C[C@H](c1ccsc1)C(C)C. The average Bonchev–Trinajstić information content (AvgIpc) is 2.50. The fourth-order valence-corrected chi connectivity index (χ4v) is 2.26. The highest BCUT2D eigenvalue weighted by molar-refractivity contribution is 7.07. The third-order valence-corrected chi connectivity index (χ3v) is 2.98. The maximum atomic E-state index is 11.1. The van der Waals surface area contributed by atoms with Crippen LogP contribution in [-0.4, -0.2) is 5.78 Å². The Morgan fingerprint density at radius 2 is 2.23 bits per heavy atom. The molecule has 0 radical (unpaired) electrons. The first-order valence-electron chi connectivity index (χ1n) is 4.62. The zero-order valence-corrected chi connectivity index (χ0v) is 9.23. The van der Waals surface area contributed by atoms with E-state index in [0.717, 1.165) is 0 Å². The molecule has 0 aliphatic heterocycles. The van der Waals surface area contributed by atoms with Crippen molar-refractivity contribution in [3.63, 3.8) is 0 Å². The van der Waals surface area contributed by atoms with Gasteiger partial charge in [-0.1, -0.05) is 13.8 Å². The van der Waals surface area contributed by atoms with Gasteiger partial charge in [-0.2, -0.15) is 11.3 Å². The number of Topliss-reactive ketones (excluding diaryl/α,β-unsaturated/α-hetero) is 1. The van der Waals surface area contributed by atoms with Gasteiger partial charge in [0.25, 0.3) is 0 Å². The molecule has 0 amide bonds. The number of rotatable bonds is 4. The number of thiophene rings is 1. The third kappa shape index (κ3) is 2.96.